The molecule has 0 N–H and O–H groups in total. The van der Waals surface area contributed by atoms with Gasteiger partial charge in [-0.3, -0.25) is 0 Å². The second-order valence-corrected chi connectivity index (χ2v) is 4.00. The van der Waals surface area contributed by atoms with Crippen LogP contribution in [-0.2, 0) is 6.42 Å². The average molecular weight is 202 g/mol. The molecular formula is C11H10N2S. The minimum atomic E-state index is -0.261. The van der Waals surface area contributed by atoms with Gasteiger partial charge in [-0.25, -0.2) is 0 Å². The van der Waals surface area contributed by atoms with Crippen LogP contribution in [0.2, 0.25) is 0 Å². The molecule has 0 aliphatic rings. The average Bonchev–Trinajstić information content (AvgIpc) is 2.20. The second-order valence-electron chi connectivity index (χ2n) is 3.02. The maximum atomic E-state index is 8.75. The van der Waals surface area contributed by atoms with Gasteiger partial charge in [0, 0.05) is 0 Å². The Bertz CT molecular complexity index is 370. The topological polar surface area (TPSA) is 47.6 Å². The van der Waals surface area contributed by atoms with Gasteiger partial charge in [0.05, 0.1) is 6.07 Å². The van der Waals surface area contributed by atoms with Crippen LogP contribution in [-0.4, -0.2) is 5.25 Å². The predicted molar refractivity (Wildman–Crippen MR) is 57.5 cm³/mol. The van der Waals surface area contributed by atoms with Crippen LogP contribution in [0.15, 0.2) is 24.3 Å². The van der Waals surface area contributed by atoms with Gasteiger partial charge in [0.1, 0.15) is 10.7 Å². The molecule has 1 atom stereocenters. The van der Waals surface area contributed by atoms with Gasteiger partial charge in [-0.2, -0.15) is 10.5 Å². The number of nitriles is 2. The minimum Gasteiger partial charge on any atom is -0.197 e. The van der Waals surface area contributed by atoms with Crippen molar-refractivity contribution in [2.45, 2.75) is 18.6 Å². The van der Waals surface area contributed by atoms with Crippen LogP contribution in [0.5, 0.6) is 0 Å². The van der Waals surface area contributed by atoms with Crippen LogP contribution in [0.3, 0.4) is 0 Å². The maximum Gasteiger partial charge on any atom is 0.134 e. The van der Waals surface area contributed by atoms with Crippen molar-refractivity contribution in [3.8, 4) is 11.5 Å². The number of thioether (sulfide) groups is 1. The van der Waals surface area contributed by atoms with E-state index in [0.717, 1.165) is 17.3 Å². The molecule has 0 bridgehead atoms. The number of benzene rings is 1. The first kappa shape index (κ1) is 10.6. The van der Waals surface area contributed by atoms with Crippen molar-refractivity contribution in [1.29, 1.82) is 10.5 Å². The van der Waals surface area contributed by atoms with E-state index in [-0.39, 0.29) is 5.25 Å². The largest absolute Gasteiger partial charge is 0.197 e. The monoisotopic (exact) mass is 202 g/mol. The number of aryl methyl sites for hydroxylation is 1. The van der Waals surface area contributed by atoms with E-state index in [1.54, 1.807) is 0 Å². The van der Waals surface area contributed by atoms with Gasteiger partial charge in [-0.05, 0) is 30.7 Å². The summed E-state index contributed by atoms with van der Waals surface area (Å²) < 4.78 is 0. The molecule has 0 aliphatic heterocycles. The maximum absolute atomic E-state index is 8.75. The molecule has 0 unspecified atom stereocenters. The molecule has 0 aliphatic carbocycles. The van der Waals surface area contributed by atoms with Crippen molar-refractivity contribution >= 4 is 11.8 Å². The molecule has 1 aromatic carbocycles. The highest BCUT2D eigenvalue weighted by Crippen LogP contribution is 2.15. The lowest BCUT2D eigenvalue weighted by molar-refractivity contribution is 1.03. The molecule has 1 rings (SSSR count). The normalized spacial score (nSPS) is 11.4. The van der Waals surface area contributed by atoms with E-state index in [9.17, 15) is 0 Å². The van der Waals surface area contributed by atoms with Gasteiger partial charge < -0.3 is 0 Å². The Balaban J connectivity index is 2.65. The SMILES string of the molecule is Cc1ccc(C[C@H](C#N)SC#N)cc1. The zero-order valence-corrected chi connectivity index (χ0v) is 8.71. The summed E-state index contributed by atoms with van der Waals surface area (Å²) in [7, 11) is 0. The van der Waals surface area contributed by atoms with Crippen LogP contribution in [0.4, 0.5) is 0 Å². The van der Waals surface area contributed by atoms with Crippen LogP contribution in [0.1, 0.15) is 11.1 Å². The summed E-state index contributed by atoms with van der Waals surface area (Å²) in [5.41, 5.74) is 2.31. The van der Waals surface area contributed by atoms with Crippen molar-refractivity contribution in [3.63, 3.8) is 0 Å². The third-order valence-electron chi connectivity index (χ3n) is 1.88. The minimum absolute atomic E-state index is 0.261. The highest BCUT2D eigenvalue weighted by Gasteiger charge is 2.08. The van der Waals surface area contributed by atoms with Crippen molar-refractivity contribution in [1.82, 2.24) is 0 Å². The first-order chi connectivity index (χ1) is 6.76. The molecule has 0 fully saturated rings. The number of rotatable bonds is 3. The van der Waals surface area contributed by atoms with Gasteiger partial charge in [-0.1, -0.05) is 29.8 Å². The standard InChI is InChI=1S/C11H10N2S/c1-9-2-4-10(5-3-9)6-11(7-12)14-8-13/h2-5,11H,6H2,1H3/t11-/m1/s1. The zero-order valence-electron chi connectivity index (χ0n) is 7.90. The molecule has 0 heterocycles. The fourth-order valence-corrected chi connectivity index (χ4v) is 1.57. The van der Waals surface area contributed by atoms with Gasteiger partial charge in [-0.15, -0.1) is 0 Å². The van der Waals surface area contributed by atoms with E-state index < -0.39 is 0 Å². The van der Waals surface area contributed by atoms with Gasteiger partial charge in [0.2, 0.25) is 0 Å². The van der Waals surface area contributed by atoms with Crippen molar-refractivity contribution in [2.24, 2.45) is 0 Å². The van der Waals surface area contributed by atoms with Crippen molar-refractivity contribution < 1.29 is 0 Å². The highest BCUT2D eigenvalue weighted by molar-refractivity contribution is 8.04. The zero-order chi connectivity index (χ0) is 10.4. The molecule has 0 radical (unpaired) electrons. The Kier molecular flexibility index (Phi) is 4.04. The van der Waals surface area contributed by atoms with Crippen LogP contribution >= 0.6 is 11.8 Å². The lowest BCUT2D eigenvalue weighted by atomic mass is 10.1. The summed E-state index contributed by atoms with van der Waals surface area (Å²) in [4.78, 5) is 0. The molecule has 3 heteroatoms. The molecule has 0 amide bonds. The molecule has 0 saturated heterocycles. The summed E-state index contributed by atoms with van der Waals surface area (Å²) in [6, 6.07) is 10.1. The third kappa shape index (κ3) is 3.12. The van der Waals surface area contributed by atoms with E-state index in [0.29, 0.717) is 6.42 Å². The fourth-order valence-electron chi connectivity index (χ4n) is 1.12. The molecule has 70 valence electrons. The molecule has 0 spiro atoms. The lowest BCUT2D eigenvalue weighted by Gasteiger charge is -2.03. The third-order valence-corrected chi connectivity index (χ3v) is 2.54. The predicted octanol–water partition coefficient (Wildman–Crippen LogP) is 2.64. The highest BCUT2D eigenvalue weighted by atomic mass is 32.2. The number of thiocyanates is 1. The van der Waals surface area contributed by atoms with Crippen LogP contribution in [0.25, 0.3) is 0 Å². The molecule has 0 aromatic heterocycles. The molecule has 14 heavy (non-hydrogen) atoms. The van der Waals surface area contributed by atoms with Crippen LogP contribution in [0, 0.1) is 28.9 Å². The molecule has 1 aromatic rings. The summed E-state index contributed by atoms with van der Waals surface area (Å²) >= 11 is 1.02. The summed E-state index contributed by atoms with van der Waals surface area (Å²) in [6.45, 7) is 2.02. The molecule has 0 saturated carbocycles. The fraction of sp³-hybridized carbons (Fsp3) is 0.273. The Morgan fingerprint density at radius 3 is 2.43 bits per heavy atom. The second kappa shape index (κ2) is 5.32. The summed E-state index contributed by atoms with van der Waals surface area (Å²) in [5, 5.41) is 18.9. The van der Waals surface area contributed by atoms with Crippen molar-refractivity contribution in [2.75, 3.05) is 0 Å². The smallest absolute Gasteiger partial charge is 0.134 e. The number of hydrogen-bond acceptors (Lipinski definition) is 3. The summed E-state index contributed by atoms with van der Waals surface area (Å²) in [5.74, 6) is 0. The van der Waals surface area contributed by atoms with Gasteiger partial charge in [0.15, 0.2) is 0 Å². The quantitative estimate of drug-likeness (QED) is 0.708. The lowest BCUT2D eigenvalue weighted by Crippen LogP contribution is -2.02. The van der Waals surface area contributed by atoms with Crippen molar-refractivity contribution in [3.05, 3.63) is 35.4 Å². The first-order valence-corrected chi connectivity index (χ1v) is 5.14. The Labute approximate surface area is 88.2 Å². The van der Waals surface area contributed by atoms with Gasteiger partial charge in [0.25, 0.3) is 0 Å². The van der Waals surface area contributed by atoms with E-state index in [1.807, 2.05) is 36.6 Å². The van der Waals surface area contributed by atoms with Crippen LogP contribution < -0.4 is 0 Å². The van der Waals surface area contributed by atoms with E-state index in [1.165, 1.54) is 5.56 Å². The Morgan fingerprint density at radius 2 is 1.93 bits per heavy atom. The van der Waals surface area contributed by atoms with Gasteiger partial charge >= 0.3 is 0 Å². The Morgan fingerprint density at radius 1 is 1.29 bits per heavy atom. The van der Waals surface area contributed by atoms with E-state index in [4.69, 9.17) is 10.5 Å². The van der Waals surface area contributed by atoms with E-state index >= 15 is 0 Å². The number of nitrogens with zero attached hydrogens (tertiary/aromatic N) is 2. The molecular weight excluding hydrogens is 192 g/mol. The Hall–Kier alpha value is -1.45. The van der Waals surface area contributed by atoms with E-state index in [2.05, 4.69) is 6.07 Å². The molecule has 2 nitrogen and oxygen atoms in total. The number of hydrogen-bond donors (Lipinski definition) is 0. The first-order valence-electron chi connectivity index (χ1n) is 4.26. The summed E-state index contributed by atoms with van der Waals surface area (Å²) in [6.07, 6.45) is 0.634.